The fourth-order valence-corrected chi connectivity index (χ4v) is 3.02. The third-order valence-electron chi connectivity index (χ3n) is 3.54. The third kappa shape index (κ3) is 4.78. The van der Waals surface area contributed by atoms with Gasteiger partial charge in [-0.2, -0.15) is 0 Å². The molecule has 2 rings (SSSR count). The molecule has 6 nitrogen and oxygen atoms in total. The maximum Gasteiger partial charge on any atom is 0.270 e. The Labute approximate surface area is 128 Å². The zero-order chi connectivity index (χ0) is 15.1. The van der Waals surface area contributed by atoms with Crippen molar-refractivity contribution < 1.29 is 9.59 Å². The largest absolute Gasteiger partial charge is 0.350 e. The summed E-state index contributed by atoms with van der Waals surface area (Å²) in [4.78, 5) is 29.9. The normalized spacial score (nSPS) is 15.6. The molecule has 1 aromatic rings. The molecule has 1 aliphatic heterocycles. The van der Waals surface area contributed by atoms with E-state index in [1.54, 1.807) is 5.38 Å². The number of likely N-dealkylation sites (tertiary alicyclic amines) is 1. The van der Waals surface area contributed by atoms with Gasteiger partial charge in [0.25, 0.3) is 5.91 Å². The smallest absolute Gasteiger partial charge is 0.270 e. The van der Waals surface area contributed by atoms with Crippen LogP contribution in [0.2, 0.25) is 0 Å². The first-order valence-corrected chi connectivity index (χ1v) is 8.29. The fraction of sp³-hybridized carbons (Fsp3) is 0.643. The third-order valence-corrected chi connectivity index (χ3v) is 4.41. The number of nitrogens with zero attached hydrogens (tertiary/aromatic N) is 2. The number of amides is 2. The van der Waals surface area contributed by atoms with Gasteiger partial charge in [0, 0.05) is 38.0 Å². The first kappa shape index (κ1) is 15.9. The minimum Gasteiger partial charge on any atom is -0.350 e. The van der Waals surface area contributed by atoms with Gasteiger partial charge in [0.05, 0.1) is 0 Å². The summed E-state index contributed by atoms with van der Waals surface area (Å²) in [6, 6.07) is 0. The van der Waals surface area contributed by atoms with E-state index >= 15 is 0 Å². The number of carbonyl (C=O) groups is 2. The zero-order valence-electron chi connectivity index (χ0n) is 12.1. The second-order valence-corrected chi connectivity index (χ2v) is 6.07. The number of nitrogens with two attached hydrogens (primary N) is 1. The number of hydrogen-bond acceptors (Lipinski definition) is 5. The Morgan fingerprint density at radius 1 is 1.29 bits per heavy atom. The van der Waals surface area contributed by atoms with E-state index in [0.717, 1.165) is 30.9 Å². The van der Waals surface area contributed by atoms with Crippen LogP contribution in [0.4, 0.5) is 0 Å². The topological polar surface area (TPSA) is 88.3 Å². The van der Waals surface area contributed by atoms with Crippen molar-refractivity contribution in [3.05, 3.63) is 16.1 Å². The second kappa shape index (κ2) is 8.09. The monoisotopic (exact) mass is 310 g/mol. The summed E-state index contributed by atoms with van der Waals surface area (Å²) in [7, 11) is 0. The molecular weight excluding hydrogens is 288 g/mol. The van der Waals surface area contributed by atoms with Crippen molar-refractivity contribution in [2.75, 3.05) is 19.6 Å². The quantitative estimate of drug-likeness (QED) is 0.853. The molecule has 0 bridgehead atoms. The van der Waals surface area contributed by atoms with Gasteiger partial charge in [-0.15, -0.1) is 11.3 Å². The summed E-state index contributed by atoms with van der Waals surface area (Å²) < 4.78 is 0. The molecule has 1 saturated heterocycles. The summed E-state index contributed by atoms with van der Waals surface area (Å²) >= 11 is 1.37. The van der Waals surface area contributed by atoms with Crippen LogP contribution in [0.15, 0.2) is 5.38 Å². The first-order chi connectivity index (χ1) is 10.2. The lowest BCUT2D eigenvalue weighted by Gasteiger charge is -2.20. The molecule has 0 saturated carbocycles. The number of aromatic nitrogens is 1. The van der Waals surface area contributed by atoms with E-state index in [4.69, 9.17) is 5.73 Å². The van der Waals surface area contributed by atoms with Gasteiger partial charge in [0.1, 0.15) is 10.7 Å². The van der Waals surface area contributed by atoms with E-state index < -0.39 is 0 Å². The maximum absolute atomic E-state index is 12.1. The molecule has 1 fully saturated rings. The molecule has 0 spiro atoms. The SMILES string of the molecule is NCc1nc(C(=O)NCCC(=O)N2CCCCCC2)cs1. The first-order valence-electron chi connectivity index (χ1n) is 7.41. The summed E-state index contributed by atoms with van der Waals surface area (Å²) in [6.07, 6.45) is 4.92. The van der Waals surface area contributed by atoms with Gasteiger partial charge in [-0.05, 0) is 12.8 Å². The van der Waals surface area contributed by atoms with Gasteiger partial charge in [0.15, 0.2) is 0 Å². The number of nitrogens with one attached hydrogen (secondary N) is 1. The average molecular weight is 310 g/mol. The van der Waals surface area contributed by atoms with Crippen LogP contribution in [-0.4, -0.2) is 41.3 Å². The van der Waals surface area contributed by atoms with Gasteiger partial charge >= 0.3 is 0 Å². The lowest BCUT2D eigenvalue weighted by Crippen LogP contribution is -2.35. The number of hydrogen-bond donors (Lipinski definition) is 2. The Hall–Kier alpha value is -1.47. The molecule has 0 unspecified atom stereocenters. The van der Waals surface area contributed by atoms with E-state index in [1.807, 2.05) is 4.90 Å². The van der Waals surface area contributed by atoms with Gasteiger partial charge in [-0.1, -0.05) is 12.8 Å². The number of thiazole rings is 1. The Kier molecular flexibility index (Phi) is 6.13. The lowest BCUT2D eigenvalue weighted by molar-refractivity contribution is -0.131. The van der Waals surface area contributed by atoms with Crippen molar-refractivity contribution in [1.82, 2.24) is 15.2 Å². The van der Waals surface area contributed by atoms with Crippen LogP contribution >= 0.6 is 11.3 Å². The minimum atomic E-state index is -0.241. The maximum atomic E-state index is 12.1. The lowest BCUT2D eigenvalue weighted by atomic mass is 10.2. The molecule has 0 radical (unpaired) electrons. The van der Waals surface area contributed by atoms with Gasteiger partial charge in [-0.3, -0.25) is 9.59 Å². The Morgan fingerprint density at radius 2 is 2.00 bits per heavy atom. The van der Waals surface area contributed by atoms with E-state index in [-0.39, 0.29) is 11.8 Å². The van der Waals surface area contributed by atoms with Crippen LogP contribution in [-0.2, 0) is 11.3 Å². The van der Waals surface area contributed by atoms with Gasteiger partial charge < -0.3 is 16.0 Å². The summed E-state index contributed by atoms with van der Waals surface area (Å²) in [5.41, 5.74) is 5.84. The molecule has 7 heteroatoms. The van der Waals surface area contributed by atoms with E-state index in [0.29, 0.717) is 25.2 Å². The summed E-state index contributed by atoms with van der Waals surface area (Å²) in [5, 5.41) is 5.16. The second-order valence-electron chi connectivity index (χ2n) is 5.13. The van der Waals surface area contributed by atoms with E-state index in [9.17, 15) is 9.59 Å². The van der Waals surface area contributed by atoms with Crippen molar-refractivity contribution in [3.8, 4) is 0 Å². The van der Waals surface area contributed by atoms with Gasteiger partial charge in [0.2, 0.25) is 5.91 Å². The highest BCUT2D eigenvalue weighted by atomic mass is 32.1. The molecule has 116 valence electrons. The standard InChI is InChI=1S/C14H22N4O2S/c15-9-12-17-11(10-21-12)14(20)16-6-5-13(19)18-7-3-1-2-4-8-18/h10H,1-9,15H2,(H,16,20). The van der Waals surface area contributed by atoms with Crippen LogP contribution in [0.5, 0.6) is 0 Å². The highest BCUT2D eigenvalue weighted by Gasteiger charge is 2.16. The Morgan fingerprint density at radius 3 is 2.62 bits per heavy atom. The van der Waals surface area contributed by atoms with Gasteiger partial charge in [-0.25, -0.2) is 4.98 Å². The summed E-state index contributed by atoms with van der Waals surface area (Å²) in [5.74, 6) is -0.118. The van der Waals surface area contributed by atoms with Crippen LogP contribution in [0, 0.1) is 0 Å². The van der Waals surface area contributed by atoms with Crippen LogP contribution in [0.1, 0.15) is 47.6 Å². The molecule has 1 aliphatic rings. The molecule has 0 atom stereocenters. The minimum absolute atomic E-state index is 0.123. The van der Waals surface area contributed by atoms with Crippen molar-refractivity contribution in [1.29, 1.82) is 0 Å². The molecule has 0 aliphatic carbocycles. The predicted molar refractivity (Wildman–Crippen MR) is 82.0 cm³/mol. The predicted octanol–water partition coefficient (Wildman–Crippen LogP) is 1.12. The highest BCUT2D eigenvalue weighted by Crippen LogP contribution is 2.11. The molecule has 2 heterocycles. The van der Waals surface area contributed by atoms with E-state index in [1.165, 1.54) is 24.2 Å². The van der Waals surface area contributed by atoms with E-state index in [2.05, 4.69) is 10.3 Å². The number of carbonyl (C=O) groups excluding carboxylic acids is 2. The fourth-order valence-electron chi connectivity index (χ4n) is 2.36. The molecular formula is C14H22N4O2S. The molecule has 21 heavy (non-hydrogen) atoms. The number of rotatable bonds is 5. The Balaban J connectivity index is 1.72. The van der Waals surface area contributed by atoms with Crippen molar-refractivity contribution in [3.63, 3.8) is 0 Å². The summed E-state index contributed by atoms with van der Waals surface area (Å²) in [6.45, 7) is 2.38. The van der Waals surface area contributed by atoms with Crippen LogP contribution < -0.4 is 11.1 Å². The van der Waals surface area contributed by atoms with Crippen molar-refractivity contribution in [2.24, 2.45) is 5.73 Å². The molecule has 3 N–H and O–H groups in total. The van der Waals surface area contributed by atoms with Crippen LogP contribution in [0.25, 0.3) is 0 Å². The van der Waals surface area contributed by atoms with Crippen molar-refractivity contribution >= 4 is 23.2 Å². The zero-order valence-corrected chi connectivity index (χ0v) is 13.0. The average Bonchev–Trinajstić information content (AvgIpc) is 2.81. The Bertz CT molecular complexity index is 481. The van der Waals surface area contributed by atoms with Crippen molar-refractivity contribution in [2.45, 2.75) is 38.6 Å². The molecule has 1 aromatic heterocycles. The van der Waals surface area contributed by atoms with Crippen LogP contribution in [0.3, 0.4) is 0 Å². The molecule has 0 aromatic carbocycles. The highest BCUT2D eigenvalue weighted by molar-refractivity contribution is 7.09. The molecule has 2 amide bonds.